The summed E-state index contributed by atoms with van der Waals surface area (Å²) in [6.07, 6.45) is 6.94. The maximum atomic E-state index is 12.4. The first kappa shape index (κ1) is 25.2. The van der Waals surface area contributed by atoms with Gasteiger partial charge in [-0.05, 0) is 43.4 Å². The summed E-state index contributed by atoms with van der Waals surface area (Å²) in [4.78, 5) is 38.0. The molecule has 0 radical (unpaired) electrons. The number of carbonyl (C=O) groups excluding carboxylic acids is 1. The Kier molecular flexibility index (Phi) is 7.15. The van der Waals surface area contributed by atoms with Crippen LogP contribution in [0.1, 0.15) is 56.3 Å². The molecule has 2 aliphatic rings. The number of hydrogen-bond donors (Lipinski definition) is 1. The van der Waals surface area contributed by atoms with Gasteiger partial charge < -0.3 is 10.2 Å². The number of nitrogens with zero attached hydrogens (tertiary/aromatic N) is 6. The van der Waals surface area contributed by atoms with E-state index >= 15 is 0 Å². The molecule has 1 aromatic carbocycles. The number of imidazole rings is 1. The Morgan fingerprint density at radius 1 is 1.16 bits per heavy atom. The van der Waals surface area contributed by atoms with E-state index in [1.54, 1.807) is 22.4 Å². The van der Waals surface area contributed by atoms with Crippen LogP contribution >= 0.6 is 0 Å². The summed E-state index contributed by atoms with van der Waals surface area (Å²) in [6.45, 7) is 11.5. The van der Waals surface area contributed by atoms with Crippen LogP contribution in [-0.2, 0) is 18.4 Å². The topological polar surface area (TPSA) is 88.3 Å². The minimum atomic E-state index is -0.0814. The zero-order valence-corrected chi connectivity index (χ0v) is 22.1. The second-order valence-electron chi connectivity index (χ2n) is 10.3. The number of aryl methyl sites for hydroxylation is 2. The molecule has 0 spiro atoms. The lowest BCUT2D eigenvalue weighted by Crippen LogP contribution is -2.49. The van der Waals surface area contributed by atoms with E-state index in [9.17, 15) is 9.59 Å². The van der Waals surface area contributed by atoms with E-state index in [-0.39, 0.29) is 17.6 Å². The van der Waals surface area contributed by atoms with Crippen molar-refractivity contribution in [3.05, 3.63) is 64.7 Å². The van der Waals surface area contributed by atoms with Crippen LogP contribution < -0.4 is 11.0 Å². The van der Waals surface area contributed by atoms with E-state index < -0.39 is 0 Å². The van der Waals surface area contributed by atoms with Gasteiger partial charge in [0.2, 0.25) is 11.9 Å². The van der Waals surface area contributed by atoms with Crippen molar-refractivity contribution >= 4 is 23.0 Å². The molecular weight excluding hydrogens is 466 g/mol. The smallest absolute Gasteiger partial charge is 0.330 e. The third kappa shape index (κ3) is 5.18. The average molecular weight is 504 g/mol. The molecule has 1 aliphatic carbocycles. The lowest BCUT2D eigenvalue weighted by molar-refractivity contribution is -0.128. The molecule has 3 heterocycles. The monoisotopic (exact) mass is 503 g/mol. The molecule has 1 saturated heterocycles. The number of anilines is 1. The first-order chi connectivity index (χ1) is 17.9. The first-order valence-electron chi connectivity index (χ1n) is 13.3. The molecule has 9 nitrogen and oxygen atoms in total. The highest BCUT2D eigenvalue weighted by molar-refractivity contribution is 5.87. The van der Waals surface area contributed by atoms with Gasteiger partial charge >= 0.3 is 5.69 Å². The second-order valence-corrected chi connectivity index (χ2v) is 10.3. The lowest BCUT2D eigenvalue weighted by atomic mass is 9.96. The molecule has 1 amide bonds. The third-order valence-electron chi connectivity index (χ3n) is 7.86. The van der Waals surface area contributed by atoms with Crippen LogP contribution in [0.2, 0.25) is 0 Å². The van der Waals surface area contributed by atoms with E-state index in [0.29, 0.717) is 24.2 Å². The standard InChI is InChI=1S/C28H37N7O2/c1-5-25(36)34-15-13-33(14-16-34)23(17-20-7-8-20)22-11-9-21(10-12-22)19(3)30-27-29-18-24-26(31-27)35(6-2)28(37)32(24)4/h5,9-12,18-20,23H,1,6-8,13-17H2,2-4H3,(H,29,30,31)/t19-,23?/m0/s1. The molecule has 1 N–H and O–H groups in total. The Hall–Kier alpha value is -3.46. The van der Waals surface area contributed by atoms with Crippen molar-refractivity contribution in [1.82, 2.24) is 28.9 Å². The van der Waals surface area contributed by atoms with Crippen LogP contribution in [0.4, 0.5) is 5.95 Å². The maximum Gasteiger partial charge on any atom is 0.330 e. The fraction of sp³-hybridized carbons (Fsp3) is 0.500. The van der Waals surface area contributed by atoms with Crippen LogP contribution in [0, 0.1) is 5.92 Å². The molecule has 0 bridgehead atoms. The maximum absolute atomic E-state index is 12.4. The minimum absolute atomic E-state index is 0.00681. The lowest BCUT2D eigenvalue weighted by Gasteiger charge is -2.39. The number of hydrogen-bond acceptors (Lipinski definition) is 6. The normalized spacial score (nSPS) is 18.1. The molecule has 2 aromatic heterocycles. The molecule has 1 aliphatic heterocycles. The summed E-state index contributed by atoms with van der Waals surface area (Å²) < 4.78 is 3.24. The van der Waals surface area contributed by atoms with Crippen molar-refractivity contribution in [1.29, 1.82) is 0 Å². The highest BCUT2D eigenvalue weighted by atomic mass is 16.2. The van der Waals surface area contributed by atoms with Crippen molar-refractivity contribution in [3.8, 4) is 0 Å². The molecule has 9 heteroatoms. The predicted octanol–water partition coefficient (Wildman–Crippen LogP) is 3.49. The highest BCUT2D eigenvalue weighted by Crippen LogP contribution is 2.40. The molecule has 3 aromatic rings. The molecule has 37 heavy (non-hydrogen) atoms. The van der Waals surface area contributed by atoms with Gasteiger partial charge in [-0.2, -0.15) is 4.98 Å². The van der Waals surface area contributed by atoms with Gasteiger partial charge in [-0.3, -0.25) is 18.8 Å². The quantitative estimate of drug-likeness (QED) is 0.450. The molecule has 196 valence electrons. The van der Waals surface area contributed by atoms with Crippen molar-refractivity contribution in [2.45, 2.75) is 51.7 Å². The van der Waals surface area contributed by atoms with Crippen molar-refractivity contribution in [3.63, 3.8) is 0 Å². The summed E-state index contributed by atoms with van der Waals surface area (Å²) >= 11 is 0. The summed E-state index contributed by atoms with van der Waals surface area (Å²) in [5, 5.41) is 3.40. The van der Waals surface area contributed by atoms with Gasteiger partial charge in [0, 0.05) is 45.8 Å². The summed E-state index contributed by atoms with van der Waals surface area (Å²) in [5.41, 5.74) is 3.78. The Morgan fingerprint density at radius 3 is 2.46 bits per heavy atom. The third-order valence-corrected chi connectivity index (χ3v) is 7.86. The number of nitrogens with one attached hydrogen (secondary N) is 1. The number of aromatic nitrogens is 4. The van der Waals surface area contributed by atoms with Gasteiger partial charge in [-0.25, -0.2) is 9.78 Å². The van der Waals surface area contributed by atoms with Gasteiger partial charge in [0.1, 0.15) is 5.52 Å². The van der Waals surface area contributed by atoms with Gasteiger partial charge in [-0.1, -0.05) is 43.7 Å². The second kappa shape index (κ2) is 10.5. The van der Waals surface area contributed by atoms with Gasteiger partial charge in [0.25, 0.3) is 0 Å². The number of carbonyl (C=O) groups is 1. The first-order valence-corrected chi connectivity index (χ1v) is 13.3. The van der Waals surface area contributed by atoms with Crippen LogP contribution in [0.5, 0.6) is 0 Å². The van der Waals surface area contributed by atoms with Crippen LogP contribution in [0.3, 0.4) is 0 Å². The number of amides is 1. The van der Waals surface area contributed by atoms with Crippen molar-refractivity contribution in [2.24, 2.45) is 13.0 Å². The van der Waals surface area contributed by atoms with E-state index in [4.69, 9.17) is 0 Å². The molecule has 2 fully saturated rings. The van der Waals surface area contributed by atoms with Gasteiger partial charge in [0.05, 0.1) is 12.2 Å². The SMILES string of the molecule is C=CC(=O)N1CCN(C(CC2CC2)c2ccc([C@H](C)Nc3ncc4c(n3)n(CC)c(=O)n4C)cc2)CC1. The Bertz CT molecular complexity index is 1330. The summed E-state index contributed by atoms with van der Waals surface area (Å²) in [5.74, 6) is 1.34. The summed E-state index contributed by atoms with van der Waals surface area (Å²) in [7, 11) is 1.74. The van der Waals surface area contributed by atoms with Crippen LogP contribution in [-0.4, -0.2) is 61.0 Å². The highest BCUT2D eigenvalue weighted by Gasteiger charge is 2.32. The summed E-state index contributed by atoms with van der Waals surface area (Å²) in [6, 6.07) is 9.25. The fourth-order valence-electron chi connectivity index (χ4n) is 5.36. The van der Waals surface area contributed by atoms with Gasteiger partial charge in [-0.15, -0.1) is 0 Å². The van der Waals surface area contributed by atoms with Crippen molar-refractivity contribution in [2.75, 3.05) is 31.5 Å². The molecule has 1 unspecified atom stereocenters. The number of piperazine rings is 1. The number of fused-ring (bicyclic) bond motifs is 1. The zero-order valence-electron chi connectivity index (χ0n) is 22.1. The minimum Gasteiger partial charge on any atom is -0.348 e. The van der Waals surface area contributed by atoms with Gasteiger partial charge in [0.15, 0.2) is 5.65 Å². The van der Waals surface area contributed by atoms with Crippen molar-refractivity contribution < 1.29 is 4.79 Å². The molecular formula is C28H37N7O2. The number of benzene rings is 1. The fourth-order valence-corrected chi connectivity index (χ4v) is 5.36. The van der Waals surface area contributed by atoms with E-state index in [0.717, 1.165) is 43.2 Å². The van der Waals surface area contributed by atoms with Crippen LogP contribution in [0.15, 0.2) is 47.9 Å². The van der Waals surface area contributed by atoms with E-state index in [1.165, 1.54) is 30.9 Å². The number of rotatable bonds is 9. The van der Waals surface area contributed by atoms with E-state index in [1.807, 2.05) is 11.8 Å². The zero-order chi connectivity index (χ0) is 26.1. The predicted molar refractivity (Wildman–Crippen MR) is 145 cm³/mol. The molecule has 2 atom stereocenters. The van der Waals surface area contributed by atoms with E-state index in [2.05, 4.69) is 58.0 Å². The average Bonchev–Trinajstić information content (AvgIpc) is 3.72. The Morgan fingerprint density at radius 2 is 1.84 bits per heavy atom. The molecule has 5 rings (SSSR count). The Labute approximate surface area is 217 Å². The largest absolute Gasteiger partial charge is 0.348 e. The molecule has 1 saturated carbocycles. The Balaban J connectivity index is 1.29. The van der Waals surface area contributed by atoms with Crippen LogP contribution in [0.25, 0.3) is 11.2 Å².